The van der Waals surface area contributed by atoms with Gasteiger partial charge in [-0.15, -0.1) is 12.4 Å². The lowest BCUT2D eigenvalue weighted by molar-refractivity contribution is 0.453. The van der Waals surface area contributed by atoms with E-state index in [0.29, 0.717) is 11.4 Å². The molecule has 5 nitrogen and oxygen atoms in total. The van der Waals surface area contributed by atoms with Gasteiger partial charge in [-0.3, -0.25) is 0 Å². The van der Waals surface area contributed by atoms with Crippen molar-refractivity contribution >= 4 is 33.3 Å². The zero-order valence-electron chi connectivity index (χ0n) is 14.3. The molecule has 0 spiro atoms. The molecule has 2 heterocycles. The van der Waals surface area contributed by atoms with Gasteiger partial charge in [0.2, 0.25) is 0 Å². The highest BCUT2D eigenvalue weighted by molar-refractivity contribution is 7.89. The Morgan fingerprint density at radius 3 is 2.38 bits per heavy atom. The molecular weight excluding hydrogens is 370 g/mol. The van der Waals surface area contributed by atoms with Gasteiger partial charge in [0.25, 0.3) is 10.0 Å². The van der Waals surface area contributed by atoms with Gasteiger partial charge < -0.3 is 5.32 Å². The van der Waals surface area contributed by atoms with Gasteiger partial charge in [0.15, 0.2) is 0 Å². The summed E-state index contributed by atoms with van der Waals surface area (Å²) < 4.78 is 27.2. The average Bonchev–Trinajstić information content (AvgIpc) is 3.04. The summed E-state index contributed by atoms with van der Waals surface area (Å²) in [5, 5.41) is 8.88. The van der Waals surface area contributed by atoms with Crippen LogP contribution in [0.1, 0.15) is 30.0 Å². The van der Waals surface area contributed by atoms with E-state index in [9.17, 15) is 8.42 Å². The highest BCUT2D eigenvalue weighted by Crippen LogP contribution is 2.31. The van der Waals surface area contributed by atoms with Crippen LogP contribution in [0.2, 0.25) is 0 Å². The molecule has 0 unspecified atom stereocenters. The summed E-state index contributed by atoms with van der Waals surface area (Å²) in [6.45, 7) is 1.89. The third kappa shape index (κ3) is 3.63. The van der Waals surface area contributed by atoms with E-state index in [0.717, 1.165) is 42.6 Å². The van der Waals surface area contributed by atoms with Crippen LogP contribution < -0.4 is 5.32 Å². The molecule has 0 saturated carbocycles. The van der Waals surface area contributed by atoms with E-state index in [1.165, 1.54) is 4.09 Å². The lowest BCUT2D eigenvalue weighted by Gasteiger charge is -2.21. The Morgan fingerprint density at radius 1 is 1.00 bits per heavy atom. The normalized spacial score (nSPS) is 15.7. The lowest BCUT2D eigenvalue weighted by Crippen LogP contribution is -2.27. The molecule has 138 valence electrons. The summed E-state index contributed by atoms with van der Waals surface area (Å²) in [7, 11) is -3.57. The Balaban J connectivity index is 0.00000196. The van der Waals surface area contributed by atoms with Crippen LogP contribution in [0.4, 0.5) is 0 Å². The van der Waals surface area contributed by atoms with Gasteiger partial charge in [0.05, 0.1) is 17.0 Å². The van der Waals surface area contributed by atoms with Crippen molar-refractivity contribution in [2.24, 2.45) is 0 Å². The second kappa shape index (κ2) is 7.78. The maximum Gasteiger partial charge on any atom is 0.258 e. The molecule has 0 amide bonds. The summed E-state index contributed by atoms with van der Waals surface area (Å²) in [5.41, 5.74) is 2.35. The molecule has 7 heteroatoms. The quantitative estimate of drug-likeness (QED) is 0.741. The first-order valence-corrected chi connectivity index (χ1v) is 10.2. The molecule has 1 N–H and O–H groups in total. The minimum Gasteiger partial charge on any atom is -0.317 e. The first kappa shape index (κ1) is 18.9. The zero-order valence-corrected chi connectivity index (χ0v) is 16.0. The van der Waals surface area contributed by atoms with Crippen molar-refractivity contribution in [2.75, 3.05) is 13.1 Å². The van der Waals surface area contributed by atoms with Crippen LogP contribution in [-0.2, 0) is 15.8 Å². The van der Waals surface area contributed by atoms with Crippen molar-refractivity contribution < 1.29 is 8.42 Å². The van der Waals surface area contributed by atoms with E-state index in [-0.39, 0.29) is 18.2 Å². The maximum atomic E-state index is 13.0. The van der Waals surface area contributed by atoms with Gasteiger partial charge in [0.1, 0.15) is 0 Å². The van der Waals surface area contributed by atoms with Crippen molar-refractivity contribution in [1.29, 1.82) is 0 Å². The van der Waals surface area contributed by atoms with Crippen molar-refractivity contribution in [3.63, 3.8) is 0 Å². The topological polar surface area (TPSA) is 64.0 Å². The molecule has 1 aliphatic heterocycles. The number of rotatable bonds is 4. The molecule has 0 radical (unpaired) electrons. The number of para-hydroxylation sites is 1. The monoisotopic (exact) mass is 391 g/mol. The number of aromatic nitrogens is 2. The van der Waals surface area contributed by atoms with Crippen molar-refractivity contribution in [3.05, 3.63) is 65.9 Å². The molecule has 4 rings (SSSR count). The van der Waals surface area contributed by atoms with E-state index < -0.39 is 10.0 Å². The van der Waals surface area contributed by atoms with Crippen molar-refractivity contribution in [1.82, 2.24) is 14.5 Å². The van der Waals surface area contributed by atoms with Crippen LogP contribution in [0, 0.1) is 0 Å². The van der Waals surface area contributed by atoms with E-state index in [1.54, 1.807) is 0 Å². The standard InChI is InChI=1S/C19H21N3O2S.ClH/c23-25(24,14-15-6-2-1-3-7-15)22-18-9-5-4-8-17(18)19(21-22)16-10-12-20-13-11-16;/h1-9,16,20H,10-14H2;1H. The Morgan fingerprint density at radius 2 is 1.65 bits per heavy atom. The number of nitrogens with one attached hydrogen (secondary N) is 1. The predicted molar refractivity (Wildman–Crippen MR) is 106 cm³/mol. The third-order valence-electron chi connectivity index (χ3n) is 4.77. The van der Waals surface area contributed by atoms with Crippen LogP contribution >= 0.6 is 12.4 Å². The molecule has 0 aliphatic carbocycles. The van der Waals surface area contributed by atoms with Crippen LogP contribution in [0.5, 0.6) is 0 Å². The Hall–Kier alpha value is -1.89. The molecule has 1 aliphatic rings. The molecule has 1 fully saturated rings. The molecule has 0 atom stereocenters. The van der Waals surface area contributed by atoms with E-state index in [4.69, 9.17) is 0 Å². The Bertz CT molecular complexity index is 980. The minimum atomic E-state index is -3.57. The molecule has 26 heavy (non-hydrogen) atoms. The fourth-order valence-corrected chi connectivity index (χ4v) is 4.92. The zero-order chi connectivity index (χ0) is 17.3. The number of halogens is 1. The predicted octanol–water partition coefficient (Wildman–Crippen LogP) is 3.30. The number of hydrogen-bond donors (Lipinski definition) is 1. The molecule has 0 bridgehead atoms. The van der Waals surface area contributed by atoms with Gasteiger partial charge >= 0.3 is 0 Å². The van der Waals surface area contributed by atoms with Gasteiger partial charge in [0, 0.05) is 11.3 Å². The van der Waals surface area contributed by atoms with Crippen LogP contribution in [-0.4, -0.2) is 30.7 Å². The summed E-state index contributed by atoms with van der Waals surface area (Å²) >= 11 is 0. The molecule has 3 aromatic rings. The SMILES string of the molecule is Cl.O=S(=O)(Cc1ccccc1)n1nc(C2CCNCC2)c2ccccc21. The van der Waals surface area contributed by atoms with Crippen LogP contribution in [0.3, 0.4) is 0 Å². The molecule has 2 aromatic carbocycles. The van der Waals surface area contributed by atoms with E-state index >= 15 is 0 Å². The maximum absolute atomic E-state index is 13.0. The summed E-state index contributed by atoms with van der Waals surface area (Å²) in [6, 6.07) is 16.9. The minimum absolute atomic E-state index is 0. The van der Waals surface area contributed by atoms with Gasteiger partial charge in [-0.1, -0.05) is 48.5 Å². The smallest absolute Gasteiger partial charge is 0.258 e. The van der Waals surface area contributed by atoms with Gasteiger partial charge in [-0.25, -0.2) is 8.42 Å². The highest BCUT2D eigenvalue weighted by atomic mass is 35.5. The Kier molecular flexibility index (Phi) is 5.65. The first-order valence-electron chi connectivity index (χ1n) is 8.61. The van der Waals surface area contributed by atoms with Gasteiger partial charge in [-0.05, 0) is 37.6 Å². The first-order chi connectivity index (χ1) is 12.1. The van der Waals surface area contributed by atoms with Crippen LogP contribution in [0.25, 0.3) is 10.9 Å². The van der Waals surface area contributed by atoms with E-state index in [2.05, 4.69) is 10.4 Å². The summed E-state index contributed by atoms with van der Waals surface area (Å²) in [6.07, 6.45) is 1.97. The average molecular weight is 392 g/mol. The second-order valence-corrected chi connectivity index (χ2v) is 8.31. The number of hydrogen-bond acceptors (Lipinski definition) is 4. The summed E-state index contributed by atoms with van der Waals surface area (Å²) in [4.78, 5) is 0. The van der Waals surface area contributed by atoms with Crippen LogP contribution in [0.15, 0.2) is 54.6 Å². The number of piperidine rings is 1. The van der Waals surface area contributed by atoms with Crippen molar-refractivity contribution in [2.45, 2.75) is 24.5 Å². The second-order valence-electron chi connectivity index (χ2n) is 6.51. The van der Waals surface area contributed by atoms with Crippen molar-refractivity contribution in [3.8, 4) is 0 Å². The highest BCUT2D eigenvalue weighted by Gasteiger charge is 2.26. The third-order valence-corrected chi connectivity index (χ3v) is 6.27. The number of fused-ring (bicyclic) bond motifs is 1. The summed E-state index contributed by atoms with van der Waals surface area (Å²) in [5.74, 6) is 0.255. The molecular formula is C19H22ClN3O2S. The van der Waals surface area contributed by atoms with E-state index in [1.807, 2.05) is 54.6 Å². The molecule has 1 aromatic heterocycles. The largest absolute Gasteiger partial charge is 0.317 e. The molecule has 1 saturated heterocycles. The fraction of sp³-hybridized carbons (Fsp3) is 0.316. The number of benzene rings is 2. The lowest BCUT2D eigenvalue weighted by atomic mass is 9.93. The van der Waals surface area contributed by atoms with Gasteiger partial charge in [-0.2, -0.15) is 9.19 Å². The fourth-order valence-electron chi connectivity index (χ4n) is 3.52. The Labute approximate surface area is 159 Å². The number of nitrogens with zero attached hydrogens (tertiary/aromatic N) is 2.